The lowest BCUT2D eigenvalue weighted by Crippen LogP contribution is -2.63. The summed E-state index contributed by atoms with van der Waals surface area (Å²) in [7, 11) is 0. The summed E-state index contributed by atoms with van der Waals surface area (Å²) in [5.41, 5.74) is 1.15. The van der Waals surface area contributed by atoms with Crippen LogP contribution < -0.4 is 26.6 Å². The van der Waals surface area contributed by atoms with Crippen LogP contribution in [0.4, 0.5) is 5.69 Å². The van der Waals surface area contributed by atoms with Crippen LogP contribution in [0.15, 0.2) is 67.3 Å². The Balaban J connectivity index is 2.01. The van der Waals surface area contributed by atoms with E-state index in [0.29, 0.717) is 11.3 Å². The van der Waals surface area contributed by atoms with Gasteiger partial charge in [-0.05, 0) is 43.4 Å². The predicted octanol–water partition coefficient (Wildman–Crippen LogP) is 3.14. The van der Waals surface area contributed by atoms with E-state index in [1.54, 1.807) is 58.0 Å². The second-order valence-corrected chi connectivity index (χ2v) is 12.5. The third kappa shape index (κ3) is 9.02. The number of hydrogen-bond donors (Lipinski definition) is 5. The maximum Gasteiger partial charge on any atom is 0.243 e. The second kappa shape index (κ2) is 14.8. The summed E-state index contributed by atoms with van der Waals surface area (Å²) in [6.45, 7) is 14.8. The van der Waals surface area contributed by atoms with Crippen molar-refractivity contribution in [2.45, 2.75) is 84.1 Å². The third-order valence-electron chi connectivity index (χ3n) is 7.63. The summed E-state index contributed by atoms with van der Waals surface area (Å²) >= 11 is 0. The standard InChI is InChI=1S/C34H45N5O5/c1-8-34(6,7)39-24-17-13-12-16-23(24)27(40)19-26-30(41)35-25(18-22-14-10-9-11-15-22)31(42)37-29(21(4)5)33(44)38-28(20(2)3)32(43)36-26/h8-17,20-21,25-26,28-29,39H,1,18-19H2,2-7H3,(H,35,41)(H,36,43)(H,37,42)(H,38,44)/t25-,26-,28-,29+/m0/s1. The molecular weight excluding hydrogens is 558 g/mol. The monoisotopic (exact) mass is 603 g/mol. The molecule has 10 nitrogen and oxygen atoms in total. The van der Waals surface area contributed by atoms with Crippen LogP contribution in [0.3, 0.4) is 0 Å². The number of ketones is 1. The molecule has 1 fully saturated rings. The molecule has 0 radical (unpaired) electrons. The van der Waals surface area contributed by atoms with E-state index in [2.05, 4.69) is 33.2 Å². The van der Waals surface area contributed by atoms with E-state index in [4.69, 9.17) is 0 Å². The van der Waals surface area contributed by atoms with Gasteiger partial charge < -0.3 is 26.6 Å². The summed E-state index contributed by atoms with van der Waals surface area (Å²) in [5.74, 6) is -3.38. The Morgan fingerprint density at radius 1 is 0.773 bits per heavy atom. The molecule has 1 heterocycles. The van der Waals surface area contributed by atoms with Gasteiger partial charge in [-0.1, -0.05) is 76.2 Å². The van der Waals surface area contributed by atoms with Crippen molar-refractivity contribution in [2.75, 3.05) is 5.32 Å². The smallest absolute Gasteiger partial charge is 0.243 e. The molecule has 44 heavy (non-hydrogen) atoms. The van der Waals surface area contributed by atoms with E-state index < -0.39 is 59.1 Å². The maximum absolute atomic E-state index is 13.8. The van der Waals surface area contributed by atoms with Gasteiger partial charge in [-0.15, -0.1) is 6.58 Å². The highest BCUT2D eigenvalue weighted by atomic mass is 16.2. The van der Waals surface area contributed by atoms with Crippen molar-refractivity contribution in [2.24, 2.45) is 11.8 Å². The number of rotatable bonds is 10. The minimum absolute atomic E-state index is 0.136. The molecule has 4 atom stereocenters. The highest BCUT2D eigenvalue weighted by Crippen LogP contribution is 2.23. The Hall–Kier alpha value is -4.47. The van der Waals surface area contributed by atoms with Gasteiger partial charge in [0.15, 0.2) is 5.78 Å². The van der Waals surface area contributed by atoms with Gasteiger partial charge in [-0.25, -0.2) is 0 Å². The van der Waals surface area contributed by atoms with Crippen LogP contribution in [-0.2, 0) is 25.6 Å². The van der Waals surface area contributed by atoms with Crippen LogP contribution in [-0.4, -0.2) is 59.1 Å². The Morgan fingerprint density at radius 2 is 1.27 bits per heavy atom. The van der Waals surface area contributed by atoms with Crippen molar-refractivity contribution in [3.8, 4) is 0 Å². The fourth-order valence-electron chi connectivity index (χ4n) is 4.90. The molecule has 10 heteroatoms. The van der Waals surface area contributed by atoms with Crippen molar-refractivity contribution in [1.29, 1.82) is 0 Å². The zero-order chi connectivity index (χ0) is 32.6. The van der Waals surface area contributed by atoms with E-state index >= 15 is 0 Å². The molecule has 0 aliphatic carbocycles. The summed E-state index contributed by atoms with van der Waals surface area (Å²) in [6, 6.07) is 11.7. The van der Waals surface area contributed by atoms with Crippen LogP contribution in [0, 0.1) is 11.8 Å². The van der Waals surface area contributed by atoms with Gasteiger partial charge in [0.05, 0.1) is 0 Å². The molecule has 1 aliphatic heterocycles. The van der Waals surface area contributed by atoms with Crippen molar-refractivity contribution in [3.63, 3.8) is 0 Å². The normalized spacial score (nSPS) is 21.7. The summed E-state index contributed by atoms with van der Waals surface area (Å²) < 4.78 is 0. The van der Waals surface area contributed by atoms with Crippen LogP contribution in [0.2, 0.25) is 0 Å². The molecule has 0 aromatic heterocycles. The number of anilines is 1. The second-order valence-electron chi connectivity index (χ2n) is 12.5. The average molecular weight is 604 g/mol. The SMILES string of the molecule is C=CC(C)(C)Nc1ccccc1C(=O)C[C@@H]1NC(=O)[C@H](C(C)C)NC(=O)[C@@H](C(C)C)NC(=O)[C@H](Cc2ccccc2)NC1=O. The summed E-state index contributed by atoms with van der Waals surface area (Å²) in [5, 5.41) is 14.3. The number of benzene rings is 2. The van der Waals surface area contributed by atoms with Crippen LogP contribution in [0.25, 0.3) is 0 Å². The van der Waals surface area contributed by atoms with Gasteiger partial charge in [0.1, 0.15) is 24.2 Å². The number of carbonyl (C=O) groups excluding carboxylic acids is 5. The van der Waals surface area contributed by atoms with E-state index in [9.17, 15) is 24.0 Å². The molecule has 2 aromatic carbocycles. The minimum Gasteiger partial charge on any atom is -0.376 e. The fraction of sp³-hybridized carbons (Fsp3) is 0.441. The number of Topliss-reactive ketones (excluding diaryl/α,β-unsaturated/α-hetero) is 1. The van der Waals surface area contributed by atoms with E-state index in [-0.39, 0.29) is 24.7 Å². The largest absolute Gasteiger partial charge is 0.376 e. The minimum atomic E-state index is -1.32. The number of nitrogens with one attached hydrogen (secondary N) is 5. The topological polar surface area (TPSA) is 146 Å². The van der Waals surface area contributed by atoms with E-state index in [1.807, 2.05) is 44.2 Å². The first-order valence-electron chi connectivity index (χ1n) is 15.0. The van der Waals surface area contributed by atoms with Gasteiger partial charge in [0, 0.05) is 29.6 Å². The Labute approximate surface area is 259 Å². The summed E-state index contributed by atoms with van der Waals surface area (Å²) in [4.78, 5) is 68.1. The number of carbonyl (C=O) groups is 5. The predicted molar refractivity (Wildman–Crippen MR) is 171 cm³/mol. The molecule has 5 N–H and O–H groups in total. The molecular formula is C34H45N5O5. The van der Waals surface area contributed by atoms with Gasteiger partial charge in [-0.3, -0.25) is 24.0 Å². The lowest BCUT2D eigenvalue weighted by atomic mass is 9.96. The quantitative estimate of drug-likeness (QED) is 0.208. The Kier molecular flexibility index (Phi) is 11.5. The molecule has 2 aromatic rings. The fourth-order valence-corrected chi connectivity index (χ4v) is 4.90. The maximum atomic E-state index is 13.8. The van der Waals surface area contributed by atoms with E-state index in [0.717, 1.165) is 5.56 Å². The molecule has 0 spiro atoms. The lowest BCUT2D eigenvalue weighted by molar-refractivity contribution is -0.137. The van der Waals surface area contributed by atoms with Gasteiger partial charge in [0.25, 0.3) is 0 Å². The number of hydrogen-bond acceptors (Lipinski definition) is 6. The molecule has 1 saturated heterocycles. The van der Waals surface area contributed by atoms with Crippen molar-refractivity contribution < 1.29 is 24.0 Å². The van der Waals surface area contributed by atoms with Crippen molar-refractivity contribution >= 4 is 35.1 Å². The molecule has 1 aliphatic rings. The van der Waals surface area contributed by atoms with Crippen LogP contribution >= 0.6 is 0 Å². The van der Waals surface area contributed by atoms with Gasteiger partial charge in [-0.2, -0.15) is 0 Å². The molecule has 0 saturated carbocycles. The Bertz CT molecular complexity index is 1370. The first-order valence-corrected chi connectivity index (χ1v) is 15.0. The average Bonchev–Trinajstić information content (AvgIpc) is 2.97. The highest BCUT2D eigenvalue weighted by Gasteiger charge is 2.37. The first kappa shape index (κ1) is 34.0. The molecule has 3 rings (SSSR count). The Morgan fingerprint density at radius 3 is 1.86 bits per heavy atom. The molecule has 0 unspecified atom stereocenters. The van der Waals surface area contributed by atoms with E-state index in [1.165, 1.54) is 0 Å². The van der Waals surface area contributed by atoms with Gasteiger partial charge in [0.2, 0.25) is 23.6 Å². The summed E-state index contributed by atoms with van der Waals surface area (Å²) in [6.07, 6.45) is 1.48. The molecule has 236 valence electrons. The highest BCUT2D eigenvalue weighted by molar-refractivity contribution is 6.05. The van der Waals surface area contributed by atoms with Gasteiger partial charge >= 0.3 is 0 Å². The zero-order valence-corrected chi connectivity index (χ0v) is 26.4. The zero-order valence-electron chi connectivity index (χ0n) is 26.4. The van der Waals surface area contributed by atoms with Crippen molar-refractivity contribution in [1.82, 2.24) is 21.3 Å². The van der Waals surface area contributed by atoms with Crippen molar-refractivity contribution in [3.05, 3.63) is 78.4 Å². The van der Waals surface area contributed by atoms with Crippen LogP contribution in [0.5, 0.6) is 0 Å². The molecule has 4 amide bonds. The number of para-hydroxylation sites is 1. The molecule has 0 bridgehead atoms. The first-order chi connectivity index (χ1) is 20.7. The lowest BCUT2D eigenvalue weighted by Gasteiger charge is -2.31. The van der Waals surface area contributed by atoms with Crippen LogP contribution in [0.1, 0.15) is 63.9 Å². The third-order valence-corrected chi connectivity index (χ3v) is 7.63. The number of amides is 4.